The molecule has 9 heteroatoms. The van der Waals surface area contributed by atoms with Crippen molar-refractivity contribution >= 4 is 16.3 Å². The molecule has 43 heavy (non-hydrogen) atoms. The van der Waals surface area contributed by atoms with Crippen LogP contribution in [0.15, 0.2) is 128 Å². The van der Waals surface area contributed by atoms with Crippen molar-refractivity contribution in [1.29, 1.82) is 0 Å². The third-order valence-corrected chi connectivity index (χ3v) is 7.15. The predicted molar refractivity (Wildman–Crippen MR) is 164 cm³/mol. The van der Waals surface area contributed by atoms with Gasteiger partial charge in [0.05, 0.1) is 16.9 Å². The van der Waals surface area contributed by atoms with E-state index in [4.69, 9.17) is 20.1 Å². The number of aromatic nitrogens is 9. The Kier molecular flexibility index (Phi) is 5.89. The summed E-state index contributed by atoms with van der Waals surface area (Å²) in [5.74, 6) is 1.44. The van der Waals surface area contributed by atoms with Gasteiger partial charge in [-0.2, -0.15) is 5.10 Å². The Bertz CT molecular complexity index is 2060. The topological polar surface area (TPSA) is 108 Å². The molecule has 0 atom stereocenters. The van der Waals surface area contributed by atoms with Crippen LogP contribution in [0.2, 0.25) is 0 Å². The molecule has 202 valence electrons. The second-order valence-electron chi connectivity index (χ2n) is 9.96. The summed E-state index contributed by atoms with van der Waals surface area (Å²) in [5, 5.41) is 7.06. The van der Waals surface area contributed by atoms with Crippen molar-refractivity contribution < 1.29 is 0 Å². The maximum atomic E-state index is 4.85. The van der Waals surface area contributed by atoms with Crippen LogP contribution in [0.25, 0.3) is 73.1 Å². The van der Waals surface area contributed by atoms with Gasteiger partial charge in [-0.3, -0.25) is 19.9 Å². The second kappa shape index (κ2) is 10.3. The molecule has 0 unspecified atom stereocenters. The minimum absolute atomic E-state index is 0.459. The van der Waals surface area contributed by atoms with Crippen LogP contribution in [-0.2, 0) is 0 Å². The fourth-order valence-electron chi connectivity index (χ4n) is 4.95. The molecule has 1 aromatic carbocycles. The first-order chi connectivity index (χ1) is 21.3. The molecule has 0 amide bonds. The lowest BCUT2D eigenvalue weighted by atomic mass is 10.1. The van der Waals surface area contributed by atoms with Gasteiger partial charge in [-0.15, -0.1) is 0 Å². The van der Waals surface area contributed by atoms with Crippen molar-refractivity contribution in [3.05, 3.63) is 128 Å². The van der Waals surface area contributed by atoms with E-state index in [9.17, 15) is 0 Å². The van der Waals surface area contributed by atoms with Gasteiger partial charge in [0.1, 0.15) is 5.69 Å². The van der Waals surface area contributed by atoms with Gasteiger partial charge >= 0.3 is 0 Å². The minimum atomic E-state index is 0.459. The number of nitrogens with zero attached hydrogens (tertiary/aromatic N) is 9. The van der Waals surface area contributed by atoms with E-state index in [2.05, 4.69) is 38.1 Å². The van der Waals surface area contributed by atoms with E-state index in [1.807, 2.05) is 77.4 Å². The Morgan fingerprint density at radius 1 is 0.465 bits per heavy atom. The summed E-state index contributed by atoms with van der Waals surface area (Å²) < 4.78 is 1.86. The molecule has 0 spiro atoms. The van der Waals surface area contributed by atoms with Gasteiger partial charge in [-0.25, -0.2) is 19.5 Å². The molecule has 9 nitrogen and oxygen atoms in total. The zero-order valence-corrected chi connectivity index (χ0v) is 22.6. The molecule has 8 rings (SSSR count). The first-order valence-corrected chi connectivity index (χ1v) is 13.7. The Morgan fingerprint density at radius 2 is 1.07 bits per heavy atom. The minimum Gasteiger partial charge on any atom is -0.264 e. The first kappa shape index (κ1) is 24.6. The Labute approximate surface area is 245 Å². The highest BCUT2D eigenvalue weighted by Crippen LogP contribution is 2.27. The van der Waals surface area contributed by atoms with E-state index in [0.29, 0.717) is 23.2 Å². The summed E-state index contributed by atoms with van der Waals surface area (Å²) in [7, 11) is 0. The Morgan fingerprint density at radius 3 is 1.63 bits per heavy atom. The molecule has 0 saturated carbocycles. The summed E-state index contributed by atoms with van der Waals surface area (Å²) in [6.07, 6.45) is 12.6. The molecular formula is C34H21N9. The van der Waals surface area contributed by atoms with Crippen LogP contribution in [0.3, 0.4) is 0 Å². The SMILES string of the molecule is c1cncc(-c2ccc(-c3nc(-c4ccc(-c5cccnc5)nc4)nc(-c4cc5cc6ccccc6cn5n4)n3)cn2)c1. The number of hydrogen-bond acceptors (Lipinski definition) is 8. The molecule has 0 bridgehead atoms. The van der Waals surface area contributed by atoms with Crippen LogP contribution in [0.5, 0.6) is 0 Å². The van der Waals surface area contributed by atoms with Gasteiger partial charge in [0.25, 0.3) is 0 Å². The summed E-state index contributed by atoms with van der Waals surface area (Å²) in [5.41, 5.74) is 6.59. The van der Waals surface area contributed by atoms with E-state index >= 15 is 0 Å². The highest BCUT2D eigenvalue weighted by atomic mass is 15.2. The van der Waals surface area contributed by atoms with E-state index in [0.717, 1.165) is 49.9 Å². The van der Waals surface area contributed by atoms with Gasteiger partial charge in [0.15, 0.2) is 17.5 Å². The molecule has 0 aliphatic rings. The van der Waals surface area contributed by atoms with Crippen LogP contribution >= 0.6 is 0 Å². The summed E-state index contributed by atoms with van der Waals surface area (Å²) in [4.78, 5) is 32.3. The molecular weight excluding hydrogens is 534 g/mol. The lowest BCUT2D eigenvalue weighted by molar-refractivity contribution is 0.957. The Balaban J connectivity index is 1.24. The quantitative estimate of drug-likeness (QED) is 0.234. The monoisotopic (exact) mass is 555 g/mol. The highest BCUT2D eigenvalue weighted by Gasteiger charge is 2.16. The van der Waals surface area contributed by atoms with E-state index in [1.54, 1.807) is 37.2 Å². The zero-order valence-electron chi connectivity index (χ0n) is 22.6. The van der Waals surface area contributed by atoms with Crippen LogP contribution in [0, 0.1) is 0 Å². The standard InChI is InChI=1S/C34H21N9/c1-2-6-27-21-43-28(15-22(27)5-1)16-31(42-43)34-40-32(25-9-11-29(37-19-25)23-7-3-13-35-17-23)39-33(41-34)26-10-12-30(38-20-26)24-8-4-14-36-18-24/h1-21H. The fraction of sp³-hybridized carbons (Fsp3) is 0. The molecule has 0 aliphatic heterocycles. The molecule has 0 N–H and O–H groups in total. The number of benzene rings is 1. The van der Waals surface area contributed by atoms with E-state index in [-0.39, 0.29) is 0 Å². The van der Waals surface area contributed by atoms with E-state index < -0.39 is 0 Å². The molecule has 7 heterocycles. The van der Waals surface area contributed by atoms with Crippen LogP contribution in [0.1, 0.15) is 0 Å². The highest BCUT2D eigenvalue weighted by molar-refractivity contribution is 5.86. The predicted octanol–water partition coefficient (Wildman–Crippen LogP) is 6.59. The van der Waals surface area contributed by atoms with Crippen LogP contribution in [-0.4, -0.2) is 44.5 Å². The Hall–Kier alpha value is -6.22. The summed E-state index contributed by atoms with van der Waals surface area (Å²) in [6, 6.07) is 27.8. The summed E-state index contributed by atoms with van der Waals surface area (Å²) in [6.45, 7) is 0. The van der Waals surface area contributed by atoms with Crippen molar-refractivity contribution in [2.24, 2.45) is 0 Å². The zero-order chi connectivity index (χ0) is 28.6. The number of rotatable bonds is 5. The van der Waals surface area contributed by atoms with Crippen molar-refractivity contribution in [2.75, 3.05) is 0 Å². The normalized spacial score (nSPS) is 11.3. The first-order valence-electron chi connectivity index (χ1n) is 13.7. The fourth-order valence-corrected chi connectivity index (χ4v) is 4.95. The molecule has 0 fully saturated rings. The van der Waals surface area contributed by atoms with Gasteiger partial charge in [0, 0.05) is 71.0 Å². The third kappa shape index (κ3) is 4.74. The molecule has 0 radical (unpaired) electrons. The molecule has 7 aromatic heterocycles. The summed E-state index contributed by atoms with van der Waals surface area (Å²) >= 11 is 0. The second-order valence-corrected chi connectivity index (χ2v) is 9.96. The van der Waals surface area contributed by atoms with Gasteiger partial charge < -0.3 is 0 Å². The largest absolute Gasteiger partial charge is 0.264 e. The number of fused-ring (bicyclic) bond motifs is 2. The maximum Gasteiger partial charge on any atom is 0.184 e. The van der Waals surface area contributed by atoms with Crippen LogP contribution < -0.4 is 0 Å². The van der Waals surface area contributed by atoms with Crippen LogP contribution in [0.4, 0.5) is 0 Å². The molecule has 0 aliphatic carbocycles. The van der Waals surface area contributed by atoms with Gasteiger partial charge in [-0.05, 0) is 66.0 Å². The molecule has 0 saturated heterocycles. The average Bonchev–Trinajstić information content (AvgIpc) is 3.51. The van der Waals surface area contributed by atoms with Gasteiger partial charge in [-0.1, -0.05) is 24.3 Å². The average molecular weight is 556 g/mol. The van der Waals surface area contributed by atoms with Crippen molar-refractivity contribution in [3.63, 3.8) is 0 Å². The van der Waals surface area contributed by atoms with Crippen molar-refractivity contribution in [2.45, 2.75) is 0 Å². The molecule has 8 aromatic rings. The smallest absolute Gasteiger partial charge is 0.184 e. The third-order valence-electron chi connectivity index (χ3n) is 7.15. The maximum absolute atomic E-state index is 4.85. The van der Waals surface area contributed by atoms with Crippen molar-refractivity contribution in [3.8, 4) is 56.8 Å². The lowest BCUT2D eigenvalue weighted by Gasteiger charge is -2.08. The number of pyridine rings is 5. The lowest BCUT2D eigenvalue weighted by Crippen LogP contribution is -2.01. The van der Waals surface area contributed by atoms with E-state index in [1.165, 1.54) is 0 Å². The van der Waals surface area contributed by atoms with Gasteiger partial charge in [0.2, 0.25) is 0 Å². The number of hydrogen-bond donors (Lipinski definition) is 0. The van der Waals surface area contributed by atoms with Crippen molar-refractivity contribution in [1.82, 2.24) is 44.5 Å².